The highest BCUT2D eigenvalue weighted by molar-refractivity contribution is 7.10. The highest BCUT2D eigenvalue weighted by Crippen LogP contribution is 2.38. The second-order valence-corrected chi connectivity index (χ2v) is 9.56. The van der Waals surface area contributed by atoms with Crippen molar-refractivity contribution >= 4 is 23.2 Å². The second kappa shape index (κ2) is 9.96. The Kier molecular flexibility index (Phi) is 7.08. The summed E-state index contributed by atoms with van der Waals surface area (Å²) in [6.07, 6.45) is 2.99. The average Bonchev–Trinajstić information content (AvgIpc) is 3.13. The van der Waals surface area contributed by atoms with Gasteiger partial charge in [0.05, 0.1) is 6.04 Å². The van der Waals surface area contributed by atoms with Gasteiger partial charge in [-0.15, -0.1) is 11.3 Å². The van der Waals surface area contributed by atoms with Crippen molar-refractivity contribution in [3.8, 4) is 0 Å². The van der Waals surface area contributed by atoms with Crippen molar-refractivity contribution in [1.82, 2.24) is 14.7 Å². The molecule has 4 rings (SSSR count). The molecule has 2 aromatic rings. The Labute approximate surface area is 189 Å². The van der Waals surface area contributed by atoms with E-state index in [-0.39, 0.29) is 17.9 Å². The Morgan fingerprint density at radius 1 is 0.968 bits per heavy atom. The van der Waals surface area contributed by atoms with Crippen LogP contribution in [0.4, 0.5) is 0 Å². The zero-order valence-electron chi connectivity index (χ0n) is 18.7. The minimum Gasteiger partial charge on any atom is -0.341 e. The maximum atomic E-state index is 13.0. The third kappa shape index (κ3) is 4.85. The Balaban J connectivity index is 1.43. The van der Waals surface area contributed by atoms with Crippen LogP contribution >= 0.6 is 11.3 Å². The van der Waals surface area contributed by atoms with Gasteiger partial charge in [0.25, 0.3) is 0 Å². The molecule has 0 radical (unpaired) electrons. The van der Waals surface area contributed by atoms with Gasteiger partial charge in [-0.2, -0.15) is 0 Å². The van der Waals surface area contributed by atoms with Crippen LogP contribution in [0.15, 0.2) is 35.7 Å². The zero-order chi connectivity index (χ0) is 21.8. The number of aryl methyl sites for hydroxylation is 1. The molecule has 1 saturated heterocycles. The van der Waals surface area contributed by atoms with Gasteiger partial charge >= 0.3 is 0 Å². The van der Waals surface area contributed by atoms with Crippen molar-refractivity contribution in [2.75, 3.05) is 39.3 Å². The maximum Gasteiger partial charge on any atom is 0.223 e. The molecule has 0 bridgehead atoms. The number of nitrogens with zero attached hydrogens (tertiary/aromatic N) is 3. The minimum atomic E-state index is 0.190. The van der Waals surface area contributed by atoms with Crippen molar-refractivity contribution < 1.29 is 9.59 Å². The van der Waals surface area contributed by atoms with Gasteiger partial charge < -0.3 is 9.80 Å². The Morgan fingerprint density at radius 2 is 1.71 bits per heavy atom. The molecule has 1 aromatic carbocycles. The summed E-state index contributed by atoms with van der Waals surface area (Å²) >= 11 is 1.85. The fourth-order valence-electron chi connectivity index (χ4n) is 4.90. The molecule has 0 saturated carbocycles. The quantitative estimate of drug-likeness (QED) is 0.711. The Bertz CT molecular complexity index is 925. The van der Waals surface area contributed by atoms with Crippen LogP contribution in [-0.2, 0) is 16.0 Å². The van der Waals surface area contributed by atoms with E-state index >= 15 is 0 Å². The van der Waals surface area contributed by atoms with Crippen molar-refractivity contribution in [3.63, 3.8) is 0 Å². The van der Waals surface area contributed by atoms with Crippen molar-refractivity contribution in [2.45, 2.75) is 45.6 Å². The largest absolute Gasteiger partial charge is 0.341 e. The van der Waals surface area contributed by atoms with Crippen LogP contribution in [0.3, 0.4) is 0 Å². The summed E-state index contributed by atoms with van der Waals surface area (Å²) in [5.41, 5.74) is 4.05. The Morgan fingerprint density at radius 3 is 2.45 bits per heavy atom. The smallest absolute Gasteiger partial charge is 0.223 e. The second-order valence-electron chi connectivity index (χ2n) is 8.56. The summed E-state index contributed by atoms with van der Waals surface area (Å²) in [5.74, 6) is 0.403. The zero-order valence-corrected chi connectivity index (χ0v) is 19.5. The van der Waals surface area contributed by atoms with E-state index in [1.54, 1.807) is 0 Å². The van der Waals surface area contributed by atoms with Crippen LogP contribution in [0.2, 0.25) is 0 Å². The van der Waals surface area contributed by atoms with E-state index in [0.29, 0.717) is 25.9 Å². The summed E-state index contributed by atoms with van der Waals surface area (Å²) in [5, 5.41) is 2.20. The number of amides is 2. The van der Waals surface area contributed by atoms with Gasteiger partial charge in [0.15, 0.2) is 0 Å². The average molecular weight is 440 g/mol. The lowest BCUT2D eigenvalue weighted by Crippen LogP contribution is -2.40. The molecule has 2 amide bonds. The molecule has 1 unspecified atom stereocenters. The Hall–Kier alpha value is -2.18. The number of rotatable bonds is 5. The number of carbonyl (C=O) groups is 2. The van der Waals surface area contributed by atoms with Crippen LogP contribution in [0.1, 0.15) is 53.8 Å². The number of fused-ring (bicyclic) bond motifs is 1. The molecule has 1 fully saturated rings. The first-order chi connectivity index (χ1) is 15.1. The van der Waals surface area contributed by atoms with E-state index < -0.39 is 0 Å². The lowest BCUT2D eigenvalue weighted by Gasteiger charge is -2.37. The molecule has 0 aliphatic carbocycles. The third-order valence-corrected chi connectivity index (χ3v) is 7.66. The molecule has 3 heterocycles. The monoisotopic (exact) mass is 439 g/mol. The van der Waals surface area contributed by atoms with Gasteiger partial charge in [-0.05, 0) is 47.9 Å². The first-order valence-corrected chi connectivity index (χ1v) is 12.4. The van der Waals surface area contributed by atoms with Crippen LogP contribution in [0, 0.1) is 6.92 Å². The molecule has 6 heteroatoms. The normalized spacial score (nSPS) is 19.7. The third-order valence-electron chi connectivity index (χ3n) is 6.67. The van der Waals surface area contributed by atoms with E-state index in [9.17, 15) is 9.59 Å². The van der Waals surface area contributed by atoms with Gasteiger partial charge in [-0.3, -0.25) is 14.5 Å². The predicted molar refractivity (Wildman–Crippen MR) is 125 cm³/mol. The molecule has 5 nitrogen and oxygen atoms in total. The summed E-state index contributed by atoms with van der Waals surface area (Å²) in [7, 11) is 0. The van der Waals surface area contributed by atoms with Crippen LogP contribution in [0.5, 0.6) is 0 Å². The number of benzene rings is 1. The maximum absolute atomic E-state index is 13.0. The number of hydrogen-bond donors (Lipinski definition) is 0. The summed E-state index contributed by atoms with van der Waals surface area (Å²) in [6.45, 7) is 8.66. The van der Waals surface area contributed by atoms with Gasteiger partial charge in [0.1, 0.15) is 0 Å². The highest BCUT2D eigenvalue weighted by atomic mass is 32.1. The van der Waals surface area contributed by atoms with E-state index in [4.69, 9.17) is 0 Å². The number of thiophene rings is 1. The number of carbonyl (C=O) groups excluding carboxylic acids is 2. The molecule has 1 atom stereocenters. The SMILES string of the molecule is CCC(=O)N1CCCN(C(=O)CCN2CCc3sccc3C2c2ccccc2C)CC1. The van der Waals surface area contributed by atoms with Gasteiger partial charge in [0.2, 0.25) is 11.8 Å². The van der Waals surface area contributed by atoms with E-state index in [2.05, 4.69) is 47.5 Å². The molecule has 166 valence electrons. The standard InChI is InChI=1S/C25H33N3O2S/c1-3-23(29)26-12-6-13-27(17-16-26)24(30)10-15-28-14-9-22-21(11-18-31-22)25(28)20-8-5-4-7-19(20)2/h4-5,7-8,11,18,25H,3,6,9-10,12-17H2,1-2H3. The van der Waals surface area contributed by atoms with Gasteiger partial charge in [0, 0.05) is 57.0 Å². The molecule has 2 aliphatic heterocycles. The van der Waals surface area contributed by atoms with Crippen molar-refractivity contribution in [2.24, 2.45) is 0 Å². The molecule has 0 N–H and O–H groups in total. The van der Waals surface area contributed by atoms with Crippen LogP contribution in [-0.4, -0.2) is 65.8 Å². The molecule has 0 spiro atoms. The molecule has 2 aliphatic rings. The fraction of sp³-hybridized carbons (Fsp3) is 0.520. The summed E-state index contributed by atoms with van der Waals surface area (Å²) in [4.78, 5) is 32.9. The molecule has 31 heavy (non-hydrogen) atoms. The minimum absolute atomic E-state index is 0.190. The van der Waals surface area contributed by atoms with Crippen molar-refractivity contribution in [3.05, 3.63) is 57.3 Å². The summed E-state index contributed by atoms with van der Waals surface area (Å²) < 4.78 is 0. The summed E-state index contributed by atoms with van der Waals surface area (Å²) in [6, 6.07) is 11.1. The first kappa shape index (κ1) is 22.0. The first-order valence-electron chi connectivity index (χ1n) is 11.5. The number of hydrogen-bond acceptors (Lipinski definition) is 4. The lowest BCUT2D eigenvalue weighted by molar-refractivity contribution is -0.133. The molecular formula is C25H33N3O2S. The predicted octanol–water partition coefficient (Wildman–Crippen LogP) is 3.87. The van der Waals surface area contributed by atoms with Gasteiger partial charge in [-0.25, -0.2) is 0 Å². The van der Waals surface area contributed by atoms with Gasteiger partial charge in [-0.1, -0.05) is 31.2 Å². The van der Waals surface area contributed by atoms with Crippen molar-refractivity contribution in [1.29, 1.82) is 0 Å². The van der Waals surface area contributed by atoms with Crippen LogP contribution < -0.4 is 0 Å². The van der Waals surface area contributed by atoms with E-state index in [0.717, 1.165) is 39.0 Å². The van der Waals surface area contributed by atoms with Crippen LogP contribution in [0.25, 0.3) is 0 Å². The fourth-order valence-corrected chi connectivity index (χ4v) is 5.81. The lowest BCUT2D eigenvalue weighted by atomic mass is 9.90. The topological polar surface area (TPSA) is 43.9 Å². The van der Waals surface area contributed by atoms with E-state index in [1.165, 1.54) is 21.6 Å². The highest BCUT2D eigenvalue weighted by Gasteiger charge is 2.31. The molecular weight excluding hydrogens is 406 g/mol. The molecule has 1 aromatic heterocycles. The van der Waals surface area contributed by atoms with E-state index in [1.807, 2.05) is 28.1 Å².